The lowest BCUT2D eigenvalue weighted by Gasteiger charge is -2.34. The Morgan fingerprint density at radius 3 is 2.78 bits per heavy atom. The fourth-order valence-electron chi connectivity index (χ4n) is 4.42. The number of pyridine rings is 2. The van der Waals surface area contributed by atoms with E-state index in [0.29, 0.717) is 24.5 Å². The normalized spacial score (nSPS) is 15.8. The van der Waals surface area contributed by atoms with Crippen molar-refractivity contribution in [3.05, 3.63) is 78.9 Å². The van der Waals surface area contributed by atoms with Crippen LogP contribution in [0.25, 0.3) is 28.0 Å². The van der Waals surface area contributed by atoms with Crippen molar-refractivity contribution < 1.29 is 9.53 Å². The monoisotopic (exact) mass is 480 g/mol. The average Bonchev–Trinajstić information content (AvgIpc) is 3.59. The van der Waals surface area contributed by atoms with Crippen LogP contribution in [0.15, 0.2) is 73.3 Å². The van der Waals surface area contributed by atoms with Gasteiger partial charge in [-0.15, -0.1) is 0 Å². The van der Waals surface area contributed by atoms with Crippen LogP contribution in [0.5, 0.6) is 0 Å². The van der Waals surface area contributed by atoms with Crippen LogP contribution < -0.4 is 10.2 Å². The van der Waals surface area contributed by atoms with E-state index in [9.17, 15) is 4.79 Å². The molecule has 1 atom stereocenters. The topological polar surface area (TPSA) is 114 Å². The predicted octanol–water partition coefficient (Wildman–Crippen LogP) is 3.68. The molecule has 5 heterocycles. The van der Waals surface area contributed by atoms with E-state index in [1.807, 2.05) is 36.5 Å². The van der Waals surface area contributed by atoms with Crippen LogP contribution >= 0.6 is 0 Å². The molecule has 36 heavy (non-hydrogen) atoms. The fourth-order valence-corrected chi connectivity index (χ4v) is 4.42. The number of anilines is 2. The predicted molar refractivity (Wildman–Crippen MR) is 136 cm³/mol. The van der Waals surface area contributed by atoms with Gasteiger partial charge in [-0.1, -0.05) is 12.1 Å². The van der Waals surface area contributed by atoms with Gasteiger partial charge in [0, 0.05) is 36.1 Å². The van der Waals surface area contributed by atoms with E-state index in [-0.39, 0.29) is 11.9 Å². The van der Waals surface area contributed by atoms with Crippen LogP contribution in [-0.2, 0) is 4.74 Å². The lowest BCUT2D eigenvalue weighted by Crippen LogP contribution is -2.44. The molecule has 0 unspecified atom stereocenters. The standard InChI is InChI=1S/C26H24N8O2/c1-17-16-36-12-11-33(17)24-13-21(22-15-29-34(25(22)31-24)23-8-10-28-32-23)18-4-6-20(7-5-18)30-26(35)19-3-2-9-27-14-19/h2-10,13-15,17H,11-12,16H2,1H3,(H,28,32)(H,30,35)/t17-/m1/s1. The number of hydrogen-bond donors (Lipinski definition) is 2. The summed E-state index contributed by atoms with van der Waals surface area (Å²) in [6.45, 7) is 4.21. The molecule has 2 N–H and O–H groups in total. The number of nitrogens with zero attached hydrogens (tertiary/aromatic N) is 6. The minimum absolute atomic E-state index is 0.199. The maximum Gasteiger partial charge on any atom is 0.257 e. The third kappa shape index (κ3) is 4.07. The van der Waals surface area contributed by atoms with E-state index < -0.39 is 0 Å². The number of nitrogens with one attached hydrogen (secondary N) is 2. The Morgan fingerprint density at radius 1 is 1.14 bits per heavy atom. The molecule has 10 nitrogen and oxygen atoms in total. The molecule has 0 bridgehead atoms. The Morgan fingerprint density at radius 2 is 2.03 bits per heavy atom. The minimum atomic E-state index is -0.202. The van der Waals surface area contributed by atoms with Crippen molar-refractivity contribution in [3.63, 3.8) is 0 Å². The van der Waals surface area contributed by atoms with Gasteiger partial charge in [0.05, 0.1) is 37.2 Å². The molecule has 0 radical (unpaired) electrons. The molecule has 6 rings (SSSR count). The molecule has 1 aliphatic heterocycles. The van der Waals surface area contributed by atoms with Gasteiger partial charge in [0.15, 0.2) is 11.5 Å². The molecular formula is C26H24N8O2. The average molecular weight is 481 g/mol. The highest BCUT2D eigenvalue weighted by Crippen LogP contribution is 2.33. The van der Waals surface area contributed by atoms with Gasteiger partial charge in [-0.3, -0.25) is 14.9 Å². The summed E-state index contributed by atoms with van der Waals surface area (Å²) in [5.74, 6) is 1.40. The van der Waals surface area contributed by atoms with E-state index in [1.54, 1.807) is 35.4 Å². The SMILES string of the molecule is C[C@@H]1COCCN1c1cc(-c2ccc(NC(=O)c3cccnc3)cc2)c2cnn(-c3ccn[nH]3)c2n1. The molecule has 1 fully saturated rings. The van der Waals surface area contributed by atoms with Crippen LogP contribution in [0.1, 0.15) is 17.3 Å². The fraction of sp³-hybridized carbons (Fsp3) is 0.192. The molecule has 1 aromatic carbocycles. The van der Waals surface area contributed by atoms with Crippen molar-refractivity contribution in [2.45, 2.75) is 13.0 Å². The van der Waals surface area contributed by atoms with Crippen molar-refractivity contribution in [1.29, 1.82) is 0 Å². The highest BCUT2D eigenvalue weighted by Gasteiger charge is 2.23. The number of aromatic nitrogens is 6. The number of H-pyrrole nitrogens is 1. The first kappa shape index (κ1) is 21.9. The summed E-state index contributed by atoms with van der Waals surface area (Å²) in [6.07, 6.45) is 6.70. The Bertz CT molecular complexity index is 1500. The highest BCUT2D eigenvalue weighted by molar-refractivity contribution is 6.04. The van der Waals surface area contributed by atoms with Crippen molar-refractivity contribution >= 4 is 28.4 Å². The molecule has 1 aliphatic rings. The maximum absolute atomic E-state index is 12.5. The Hall–Kier alpha value is -4.57. The van der Waals surface area contributed by atoms with Crippen molar-refractivity contribution in [2.24, 2.45) is 0 Å². The third-order valence-corrected chi connectivity index (χ3v) is 6.28. The van der Waals surface area contributed by atoms with Crippen molar-refractivity contribution in [3.8, 4) is 16.9 Å². The second kappa shape index (κ2) is 9.23. The number of hydrogen-bond acceptors (Lipinski definition) is 7. The van der Waals surface area contributed by atoms with Gasteiger partial charge in [-0.2, -0.15) is 14.9 Å². The molecular weight excluding hydrogens is 456 g/mol. The second-order valence-corrected chi connectivity index (χ2v) is 8.65. The van der Waals surface area contributed by atoms with E-state index >= 15 is 0 Å². The lowest BCUT2D eigenvalue weighted by molar-refractivity contribution is 0.0985. The Balaban J connectivity index is 1.39. The van der Waals surface area contributed by atoms with Gasteiger partial charge in [-0.25, -0.2) is 4.98 Å². The van der Waals surface area contributed by atoms with Crippen LogP contribution in [0.2, 0.25) is 0 Å². The Labute approximate surface area is 206 Å². The number of benzene rings is 1. The molecule has 0 aliphatic carbocycles. The maximum atomic E-state index is 12.5. The molecule has 4 aromatic heterocycles. The van der Waals surface area contributed by atoms with E-state index in [0.717, 1.165) is 40.3 Å². The molecule has 5 aromatic rings. The van der Waals surface area contributed by atoms with Crippen molar-refractivity contribution in [2.75, 3.05) is 30.0 Å². The summed E-state index contributed by atoms with van der Waals surface area (Å²) in [6, 6.07) is 15.4. The van der Waals surface area contributed by atoms with Gasteiger partial charge in [0.1, 0.15) is 5.82 Å². The number of carbonyl (C=O) groups is 1. The zero-order chi connectivity index (χ0) is 24.5. The van der Waals surface area contributed by atoms with Crippen LogP contribution in [-0.4, -0.2) is 61.7 Å². The molecule has 180 valence electrons. The second-order valence-electron chi connectivity index (χ2n) is 8.65. The smallest absolute Gasteiger partial charge is 0.257 e. The lowest BCUT2D eigenvalue weighted by atomic mass is 10.0. The summed E-state index contributed by atoms with van der Waals surface area (Å²) in [5.41, 5.74) is 3.94. The molecule has 1 amide bonds. The Kier molecular flexibility index (Phi) is 5.62. The third-order valence-electron chi connectivity index (χ3n) is 6.28. The summed E-state index contributed by atoms with van der Waals surface area (Å²) in [7, 11) is 0. The van der Waals surface area contributed by atoms with Gasteiger partial charge in [-0.05, 0) is 48.4 Å². The van der Waals surface area contributed by atoms with E-state index in [1.165, 1.54) is 0 Å². The summed E-state index contributed by atoms with van der Waals surface area (Å²) in [4.78, 5) is 23.8. The summed E-state index contributed by atoms with van der Waals surface area (Å²) >= 11 is 0. The minimum Gasteiger partial charge on any atom is -0.377 e. The zero-order valence-electron chi connectivity index (χ0n) is 19.6. The number of rotatable bonds is 5. The van der Waals surface area contributed by atoms with Gasteiger partial charge in [0.2, 0.25) is 0 Å². The van der Waals surface area contributed by atoms with Gasteiger partial charge >= 0.3 is 0 Å². The first-order chi connectivity index (χ1) is 17.7. The summed E-state index contributed by atoms with van der Waals surface area (Å²) in [5, 5.41) is 15.5. The van der Waals surface area contributed by atoms with Crippen LogP contribution in [0.4, 0.5) is 11.5 Å². The zero-order valence-corrected chi connectivity index (χ0v) is 19.6. The molecule has 0 spiro atoms. The first-order valence-electron chi connectivity index (χ1n) is 11.7. The molecule has 0 saturated carbocycles. The number of ether oxygens (including phenoxy) is 1. The number of aromatic amines is 1. The van der Waals surface area contributed by atoms with Gasteiger partial charge < -0.3 is 15.0 Å². The van der Waals surface area contributed by atoms with Crippen LogP contribution in [0, 0.1) is 0 Å². The van der Waals surface area contributed by atoms with Gasteiger partial charge in [0.25, 0.3) is 5.91 Å². The number of carbonyl (C=O) groups excluding carboxylic acids is 1. The number of fused-ring (bicyclic) bond motifs is 1. The summed E-state index contributed by atoms with van der Waals surface area (Å²) < 4.78 is 7.41. The van der Waals surface area contributed by atoms with Crippen LogP contribution in [0.3, 0.4) is 0 Å². The quantitative estimate of drug-likeness (QED) is 0.394. The molecule has 1 saturated heterocycles. The van der Waals surface area contributed by atoms with E-state index in [4.69, 9.17) is 9.72 Å². The van der Waals surface area contributed by atoms with Crippen molar-refractivity contribution in [1.82, 2.24) is 29.9 Å². The number of morpholine rings is 1. The highest BCUT2D eigenvalue weighted by atomic mass is 16.5. The molecule has 10 heteroatoms. The first-order valence-corrected chi connectivity index (χ1v) is 11.7. The largest absolute Gasteiger partial charge is 0.377 e. The number of amides is 1. The van der Waals surface area contributed by atoms with E-state index in [2.05, 4.69) is 43.5 Å².